The molecule has 1 amide bonds. The van der Waals surface area contributed by atoms with Gasteiger partial charge in [0, 0.05) is 5.69 Å². The molecule has 5 heteroatoms. The first-order chi connectivity index (χ1) is 11.6. The number of nitrogens with zero attached hydrogens (tertiary/aromatic N) is 1. The van der Waals surface area contributed by atoms with Crippen LogP contribution in [0.3, 0.4) is 0 Å². The Morgan fingerprint density at radius 2 is 1.83 bits per heavy atom. The number of hydrogen-bond donors (Lipinski definition) is 0. The Kier molecular flexibility index (Phi) is 4.25. The van der Waals surface area contributed by atoms with E-state index in [2.05, 4.69) is 0 Å². The molecule has 3 rings (SSSR count). The summed E-state index contributed by atoms with van der Waals surface area (Å²) in [5.74, 6) is -0.0973. The van der Waals surface area contributed by atoms with Crippen molar-refractivity contribution in [1.29, 1.82) is 0 Å². The van der Waals surface area contributed by atoms with Crippen LogP contribution in [0.25, 0.3) is 0 Å². The van der Waals surface area contributed by atoms with Crippen molar-refractivity contribution in [3.05, 3.63) is 59.2 Å². The van der Waals surface area contributed by atoms with Crippen LogP contribution < -0.4 is 9.64 Å². The molecule has 1 heterocycles. The first-order valence-electron chi connectivity index (χ1n) is 7.72. The average molecular weight is 325 g/mol. The predicted molar refractivity (Wildman–Crippen MR) is 90.4 cm³/mol. The molecular formula is C19H19NO4. The largest absolute Gasteiger partial charge is 0.496 e. The van der Waals surface area contributed by atoms with Crippen molar-refractivity contribution in [2.24, 2.45) is 0 Å². The minimum Gasteiger partial charge on any atom is -0.496 e. The molecule has 2 aromatic carbocycles. The Hall–Kier alpha value is -2.82. The fraction of sp³-hybridized carbons (Fsp3) is 0.263. The normalized spacial score (nSPS) is 14.3. The predicted octanol–water partition coefficient (Wildman–Crippen LogP) is 3.13. The minimum absolute atomic E-state index is 0.0729. The van der Waals surface area contributed by atoms with Crippen LogP contribution >= 0.6 is 0 Å². The quantitative estimate of drug-likeness (QED) is 0.811. The highest BCUT2D eigenvalue weighted by Crippen LogP contribution is 2.34. The molecule has 24 heavy (non-hydrogen) atoms. The summed E-state index contributed by atoms with van der Waals surface area (Å²) in [7, 11) is 2.94. The summed E-state index contributed by atoms with van der Waals surface area (Å²) in [4.78, 5) is 26.1. The van der Waals surface area contributed by atoms with Gasteiger partial charge in [0.05, 0.1) is 32.2 Å². The third-order valence-electron chi connectivity index (χ3n) is 4.38. The van der Waals surface area contributed by atoms with Gasteiger partial charge in [0.2, 0.25) is 0 Å². The van der Waals surface area contributed by atoms with Gasteiger partial charge in [0.15, 0.2) is 0 Å². The third kappa shape index (κ3) is 2.62. The lowest BCUT2D eigenvalue weighted by Gasteiger charge is -2.17. The molecule has 0 saturated carbocycles. The maximum atomic E-state index is 12.7. The Morgan fingerprint density at radius 3 is 2.46 bits per heavy atom. The van der Waals surface area contributed by atoms with E-state index in [1.807, 2.05) is 36.4 Å². The van der Waals surface area contributed by atoms with Gasteiger partial charge in [-0.15, -0.1) is 0 Å². The number of anilines is 1. The molecule has 0 spiro atoms. The first kappa shape index (κ1) is 16.1. The number of rotatable bonds is 4. The number of carbonyl (C=O) groups excluding carboxylic acids is 2. The van der Waals surface area contributed by atoms with Gasteiger partial charge < -0.3 is 14.4 Å². The Labute approximate surface area is 140 Å². The van der Waals surface area contributed by atoms with Gasteiger partial charge in [-0.25, -0.2) is 0 Å². The van der Waals surface area contributed by atoms with Gasteiger partial charge in [0.25, 0.3) is 5.91 Å². The average Bonchev–Trinajstić information content (AvgIpc) is 2.97. The van der Waals surface area contributed by atoms with Crippen molar-refractivity contribution < 1.29 is 19.1 Å². The Balaban J connectivity index is 1.86. The molecule has 1 atom stereocenters. The van der Waals surface area contributed by atoms with E-state index in [0.717, 1.165) is 16.8 Å². The van der Waals surface area contributed by atoms with E-state index in [0.29, 0.717) is 17.9 Å². The number of amides is 1. The van der Waals surface area contributed by atoms with E-state index in [1.165, 1.54) is 7.11 Å². The summed E-state index contributed by atoms with van der Waals surface area (Å²) in [5.41, 5.74) is 3.21. The lowest BCUT2D eigenvalue weighted by molar-refractivity contribution is -0.141. The first-order valence-corrected chi connectivity index (χ1v) is 7.72. The van der Waals surface area contributed by atoms with E-state index in [4.69, 9.17) is 9.47 Å². The van der Waals surface area contributed by atoms with Gasteiger partial charge in [-0.1, -0.05) is 24.3 Å². The molecule has 0 N–H and O–H groups in total. The van der Waals surface area contributed by atoms with E-state index in [-0.39, 0.29) is 17.8 Å². The van der Waals surface area contributed by atoms with Crippen LogP contribution in [0.5, 0.6) is 5.75 Å². The van der Waals surface area contributed by atoms with E-state index < -0.39 is 0 Å². The fourth-order valence-corrected chi connectivity index (χ4v) is 2.96. The molecular weight excluding hydrogens is 306 g/mol. The van der Waals surface area contributed by atoms with Crippen molar-refractivity contribution in [1.82, 2.24) is 0 Å². The van der Waals surface area contributed by atoms with Crippen LogP contribution in [0, 0.1) is 0 Å². The van der Waals surface area contributed by atoms with Crippen LogP contribution in [0.4, 0.5) is 5.69 Å². The van der Waals surface area contributed by atoms with E-state index in [9.17, 15) is 9.59 Å². The molecule has 0 bridgehead atoms. The van der Waals surface area contributed by atoms with Crippen LogP contribution in [0.2, 0.25) is 0 Å². The standard InChI is InChI=1S/C19H19NO4/c1-12(19(22)24-3)13-7-9-15(10-8-13)20-11-14-5-4-6-16(23-2)17(14)18(20)21/h4-10,12H,11H2,1-3H3. The highest BCUT2D eigenvalue weighted by atomic mass is 16.5. The van der Waals surface area contributed by atoms with Gasteiger partial charge >= 0.3 is 5.97 Å². The van der Waals surface area contributed by atoms with Gasteiger partial charge in [0.1, 0.15) is 5.75 Å². The van der Waals surface area contributed by atoms with Crippen molar-refractivity contribution in [3.8, 4) is 5.75 Å². The zero-order valence-electron chi connectivity index (χ0n) is 13.9. The minimum atomic E-state index is -0.337. The van der Waals surface area contributed by atoms with E-state index in [1.54, 1.807) is 25.0 Å². The van der Waals surface area contributed by atoms with Crippen molar-refractivity contribution in [2.45, 2.75) is 19.4 Å². The number of hydrogen-bond acceptors (Lipinski definition) is 4. The Morgan fingerprint density at radius 1 is 1.12 bits per heavy atom. The van der Waals surface area contributed by atoms with E-state index >= 15 is 0 Å². The number of fused-ring (bicyclic) bond motifs is 1. The summed E-state index contributed by atoms with van der Waals surface area (Å²) in [6, 6.07) is 13.0. The van der Waals surface area contributed by atoms with Crippen molar-refractivity contribution >= 4 is 17.6 Å². The molecule has 2 aromatic rings. The molecule has 0 radical (unpaired) electrons. The van der Waals surface area contributed by atoms with Gasteiger partial charge in [-0.2, -0.15) is 0 Å². The SMILES string of the molecule is COC(=O)C(C)c1ccc(N2Cc3cccc(OC)c3C2=O)cc1. The molecule has 0 saturated heterocycles. The summed E-state index contributed by atoms with van der Waals surface area (Å²) in [6.07, 6.45) is 0. The number of ether oxygens (including phenoxy) is 2. The number of methoxy groups -OCH3 is 2. The number of esters is 1. The summed E-state index contributed by atoms with van der Waals surface area (Å²) >= 11 is 0. The molecule has 5 nitrogen and oxygen atoms in total. The molecule has 0 fully saturated rings. The van der Waals surface area contributed by atoms with Gasteiger partial charge in [-0.05, 0) is 36.2 Å². The van der Waals surface area contributed by atoms with Crippen molar-refractivity contribution in [3.63, 3.8) is 0 Å². The second-order valence-electron chi connectivity index (χ2n) is 5.72. The number of carbonyl (C=O) groups is 2. The second-order valence-corrected chi connectivity index (χ2v) is 5.72. The molecule has 1 aliphatic heterocycles. The maximum Gasteiger partial charge on any atom is 0.312 e. The van der Waals surface area contributed by atoms with Crippen LogP contribution in [0.1, 0.15) is 34.3 Å². The van der Waals surface area contributed by atoms with Crippen LogP contribution in [-0.2, 0) is 16.1 Å². The molecule has 0 aromatic heterocycles. The summed E-state index contributed by atoms with van der Waals surface area (Å²) < 4.78 is 10.1. The van der Waals surface area contributed by atoms with Crippen LogP contribution in [-0.4, -0.2) is 26.1 Å². The highest BCUT2D eigenvalue weighted by molar-refractivity contribution is 6.11. The molecule has 124 valence electrons. The Bertz CT molecular complexity index is 782. The molecule has 0 aliphatic carbocycles. The van der Waals surface area contributed by atoms with Gasteiger partial charge in [-0.3, -0.25) is 9.59 Å². The summed E-state index contributed by atoms with van der Waals surface area (Å²) in [6.45, 7) is 2.31. The third-order valence-corrected chi connectivity index (χ3v) is 4.38. The highest BCUT2D eigenvalue weighted by Gasteiger charge is 2.31. The maximum absolute atomic E-state index is 12.7. The van der Waals surface area contributed by atoms with Crippen LogP contribution in [0.15, 0.2) is 42.5 Å². The number of benzene rings is 2. The molecule has 1 aliphatic rings. The summed E-state index contributed by atoms with van der Waals surface area (Å²) in [5, 5.41) is 0. The molecule has 1 unspecified atom stereocenters. The topological polar surface area (TPSA) is 55.8 Å². The lowest BCUT2D eigenvalue weighted by Crippen LogP contribution is -2.23. The zero-order chi connectivity index (χ0) is 17.3. The fourth-order valence-electron chi connectivity index (χ4n) is 2.96. The zero-order valence-corrected chi connectivity index (χ0v) is 13.9. The lowest BCUT2D eigenvalue weighted by atomic mass is 10.0. The smallest absolute Gasteiger partial charge is 0.312 e. The van der Waals surface area contributed by atoms with Crippen molar-refractivity contribution in [2.75, 3.05) is 19.1 Å². The second kappa shape index (κ2) is 6.35. The monoisotopic (exact) mass is 325 g/mol.